The van der Waals surface area contributed by atoms with Crippen molar-refractivity contribution in [3.8, 4) is 11.8 Å². The minimum atomic E-state index is -1.34. The molecule has 14 heteroatoms. The van der Waals surface area contributed by atoms with Crippen molar-refractivity contribution in [2.45, 2.75) is 59.2 Å². The van der Waals surface area contributed by atoms with Crippen LogP contribution in [-0.2, 0) is 47.6 Å². The maximum Gasteiger partial charge on any atom is 0.384 e. The first-order valence-electron chi connectivity index (χ1n) is 10.5. The van der Waals surface area contributed by atoms with Crippen LogP contribution in [0.3, 0.4) is 0 Å². The third-order valence-electron chi connectivity index (χ3n) is 4.30. The molecule has 1 aromatic heterocycles. The van der Waals surface area contributed by atoms with Gasteiger partial charge in [0.2, 0.25) is 5.69 Å². The second kappa shape index (κ2) is 12.5. The highest BCUT2D eigenvalue weighted by molar-refractivity contribution is 5.92. The van der Waals surface area contributed by atoms with Gasteiger partial charge in [0, 0.05) is 26.7 Å². The molecule has 4 atom stereocenters. The van der Waals surface area contributed by atoms with E-state index >= 15 is 0 Å². The van der Waals surface area contributed by atoms with Crippen LogP contribution in [0, 0.1) is 11.8 Å². The minimum Gasteiger partial charge on any atom is -0.463 e. The predicted molar refractivity (Wildman–Crippen MR) is 111 cm³/mol. The van der Waals surface area contributed by atoms with E-state index in [1.165, 1.54) is 6.92 Å². The van der Waals surface area contributed by atoms with Gasteiger partial charge in [-0.2, -0.15) is 0 Å². The van der Waals surface area contributed by atoms with Crippen molar-refractivity contribution >= 4 is 29.8 Å². The van der Waals surface area contributed by atoms with Gasteiger partial charge in [-0.05, 0) is 19.8 Å². The molecule has 0 radical (unpaired) electrons. The molecular formula is C21H25N3O11. The van der Waals surface area contributed by atoms with Crippen molar-refractivity contribution in [3.05, 3.63) is 11.4 Å². The molecule has 0 spiro atoms. The number of ether oxygens (including phenoxy) is 6. The zero-order valence-corrected chi connectivity index (χ0v) is 19.8. The third-order valence-corrected chi connectivity index (χ3v) is 4.30. The highest BCUT2D eigenvalue weighted by Gasteiger charge is 2.52. The molecule has 0 amide bonds. The highest BCUT2D eigenvalue weighted by Crippen LogP contribution is 2.35. The summed E-state index contributed by atoms with van der Waals surface area (Å²) in [4.78, 5) is 59.1. The van der Waals surface area contributed by atoms with Gasteiger partial charge in [-0.25, -0.2) is 14.3 Å². The average molecular weight is 495 g/mol. The van der Waals surface area contributed by atoms with E-state index in [0.717, 1.165) is 18.5 Å². The molecule has 0 saturated carbocycles. The summed E-state index contributed by atoms with van der Waals surface area (Å²) in [6.07, 6.45) is -4.96. The summed E-state index contributed by atoms with van der Waals surface area (Å²) in [5.41, 5.74) is -0.560. The van der Waals surface area contributed by atoms with Gasteiger partial charge in [0.05, 0.1) is 13.2 Å². The highest BCUT2D eigenvalue weighted by atomic mass is 16.7. The fourth-order valence-corrected chi connectivity index (χ4v) is 3.09. The molecule has 0 bridgehead atoms. The maximum atomic E-state index is 12.4. The van der Waals surface area contributed by atoms with Crippen molar-refractivity contribution in [1.29, 1.82) is 0 Å². The third kappa shape index (κ3) is 7.24. The van der Waals surface area contributed by atoms with E-state index in [2.05, 4.69) is 22.2 Å². The first-order chi connectivity index (χ1) is 16.6. The lowest BCUT2D eigenvalue weighted by Crippen LogP contribution is -2.40. The Hall–Kier alpha value is -3.99. The van der Waals surface area contributed by atoms with E-state index in [9.17, 15) is 24.0 Å². The Morgan fingerprint density at radius 2 is 1.54 bits per heavy atom. The first-order valence-corrected chi connectivity index (χ1v) is 10.5. The molecule has 2 rings (SSSR count). The van der Waals surface area contributed by atoms with Crippen LogP contribution in [0.25, 0.3) is 0 Å². The van der Waals surface area contributed by atoms with Crippen LogP contribution in [0.4, 0.5) is 0 Å². The Kier molecular flexibility index (Phi) is 9.71. The fraction of sp³-hybridized carbons (Fsp3) is 0.571. The SMILES string of the molecule is CCOC(=O)C#Cc1c(C(=O)OCC)nnn1[C@@H]1O[C@H](COC(C)=O)[C@@H](OC(C)=O)[C@H]1OC(C)=O. The molecule has 14 nitrogen and oxygen atoms in total. The first kappa shape index (κ1) is 27.3. The largest absolute Gasteiger partial charge is 0.463 e. The van der Waals surface area contributed by atoms with Crippen molar-refractivity contribution < 1.29 is 52.4 Å². The average Bonchev–Trinajstić information content (AvgIpc) is 3.32. The second-order valence-electron chi connectivity index (χ2n) is 6.94. The summed E-state index contributed by atoms with van der Waals surface area (Å²) >= 11 is 0. The molecule has 1 aromatic rings. The maximum absolute atomic E-state index is 12.4. The number of hydrogen-bond donors (Lipinski definition) is 0. The van der Waals surface area contributed by atoms with Crippen LogP contribution in [0.5, 0.6) is 0 Å². The Bertz CT molecular complexity index is 1040. The number of esters is 5. The topological polar surface area (TPSA) is 171 Å². The second-order valence-corrected chi connectivity index (χ2v) is 6.94. The summed E-state index contributed by atoms with van der Waals surface area (Å²) in [5, 5.41) is 7.65. The Labute approximate surface area is 200 Å². The lowest BCUT2D eigenvalue weighted by atomic mass is 10.1. The van der Waals surface area contributed by atoms with Crippen LogP contribution in [0.1, 0.15) is 57.0 Å². The van der Waals surface area contributed by atoms with Crippen molar-refractivity contribution in [2.24, 2.45) is 0 Å². The van der Waals surface area contributed by atoms with Gasteiger partial charge < -0.3 is 28.4 Å². The molecule has 1 saturated heterocycles. The molecule has 0 unspecified atom stereocenters. The van der Waals surface area contributed by atoms with Crippen LogP contribution in [-0.4, -0.2) is 83.0 Å². The summed E-state index contributed by atoms with van der Waals surface area (Å²) < 4.78 is 32.2. The van der Waals surface area contributed by atoms with Crippen LogP contribution in [0.2, 0.25) is 0 Å². The lowest BCUT2D eigenvalue weighted by molar-refractivity contribution is -0.166. The smallest absolute Gasteiger partial charge is 0.384 e. The Morgan fingerprint density at radius 1 is 0.914 bits per heavy atom. The molecule has 0 N–H and O–H groups in total. The van der Waals surface area contributed by atoms with E-state index < -0.39 is 54.4 Å². The van der Waals surface area contributed by atoms with Gasteiger partial charge in [-0.3, -0.25) is 14.4 Å². The zero-order valence-electron chi connectivity index (χ0n) is 19.8. The van der Waals surface area contributed by atoms with Crippen LogP contribution < -0.4 is 0 Å². The number of rotatable bonds is 8. The Morgan fingerprint density at radius 3 is 2.11 bits per heavy atom. The molecule has 0 aliphatic carbocycles. The van der Waals surface area contributed by atoms with E-state index in [-0.39, 0.29) is 31.2 Å². The molecule has 1 fully saturated rings. The minimum absolute atomic E-state index is 0.0193. The number of nitrogens with zero attached hydrogens (tertiary/aromatic N) is 3. The monoisotopic (exact) mass is 495 g/mol. The van der Waals surface area contributed by atoms with E-state index in [1.54, 1.807) is 13.8 Å². The van der Waals surface area contributed by atoms with Crippen molar-refractivity contribution in [1.82, 2.24) is 15.0 Å². The van der Waals surface area contributed by atoms with Gasteiger partial charge in [-0.1, -0.05) is 5.21 Å². The molecule has 0 aromatic carbocycles. The van der Waals surface area contributed by atoms with Gasteiger partial charge in [0.1, 0.15) is 18.4 Å². The van der Waals surface area contributed by atoms with Crippen molar-refractivity contribution in [2.75, 3.05) is 19.8 Å². The summed E-state index contributed by atoms with van der Waals surface area (Å²) in [7, 11) is 0. The zero-order chi connectivity index (χ0) is 26.1. The van der Waals surface area contributed by atoms with Gasteiger partial charge in [-0.15, -0.1) is 5.10 Å². The molecule has 35 heavy (non-hydrogen) atoms. The van der Waals surface area contributed by atoms with Crippen LogP contribution >= 0.6 is 0 Å². The number of aromatic nitrogens is 3. The molecule has 190 valence electrons. The lowest BCUT2D eigenvalue weighted by Gasteiger charge is -2.23. The summed E-state index contributed by atoms with van der Waals surface area (Å²) in [5.74, 6) is 0.778. The van der Waals surface area contributed by atoms with E-state index in [0.29, 0.717) is 0 Å². The molecule has 1 aliphatic heterocycles. The van der Waals surface area contributed by atoms with Gasteiger partial charge in [0.15, 0.2) is 18.4 Å². The number of carbonyl (C=O) groups excluding carboxylic acids is 5. The quantitative estimate of drug-likeness (QED) is 0.261. The Balaban J connectivity index is 2.58. The van der Waals surface area contributed by atoms with Crippen LogP contribution in [0.15, 0.2) is 0 Å². The van der Waals surface area contributed by atoms with Gasteiger partial charge >= 0.3 is 29.8 Å². The van der Waals surface area contributed by atoms with E-state index in [1.807, 2.05) is 0 Å². The molecule has 2 heterocycles. The molecular weight excluding hydrogens is 470 g/mol. The molecule has 1 aliphatic rings. The summed E-state index contributed by atoms with van der Waals surface area (Å²) in [6, 6.07) is 0. The predicted octanol–water partition coefficient (Wildman–Crippen LogP) is -0.307. The fourth-order valence-electron chi connectivity index (χ4n) is 3.09. The standard InChI is InChI=1S/C21H25N3O11/c1-6-30-16(28)9-8-14-17(21(29)31-7-2)22-23-24(14)20-19(34-13(5)27)18(33-12(4)26)15(35-20)10-32-11(3)25/h15,18-20H,6-7,10H2,1-5H3/t15-,18-,19-,20-/m1/s1. The summed E-state index contributed by atoms with van der Waals surface area (Å²) in [6.45, 7) is 6.31. The number of hydrogen-bond acceptors (Lipinski definition) is 13. The normalized spacial score (nSPS) is 20.7. The van der Waals surface area contributed by atoms with E-state index in [4.69, 9.17) is 28.4 Å². The van der Waals surface area contributed by atoms with Crippen molar-refractivity contribution in [3.63, 3.8) is 0 Å². The number of carbonyl (C=O) groups is 5. The van der Waals surface area contributed by atoms with Gasteiger partial charge in [0.25, 0.3) is 0 Å².